The first kappa shape index (κ1) is 18.7. The summed E-state index contributed by atoms with van der Waals surface area (Å²) in [5.41, 5.74) is 3.20. The van der Waals surface area contributed by atoms with Crippen molar-refractivity contribution in [2.24, 2.45) is 0 Å². The lowest BCUT2D eigenvalue weighted by atomic mass is 10.1. The molecule has 0 atom stereocenters. The molecule has 6 heteroatoms. The molecule has 0 spiro atoms. The molecule has 0 unspecified atom stereocenters. The van der Waals surface area contributed by atoms with Crippen molar-refractivity contribution in [3.8, 4) is 5.75 Å². The zero-order valence-corrected chi connectivity index (χ0v) is 15.7. The van der Waals surface area contributed by atoms with Crippen molar-refractivity contribution in [3.63, 3.8) is 0 Å². The molecule has 0 bridgehead atoms. The Labute approximate surface area is 163 Å². The number of anilines is 2. The topological polar surface area (TPSA) is 63.2 Å². The summed E-state index contributed by atoms with van der Waals surface area (Å²) in [5.74, 6) is 0.592. The van der Waals surface area contributed by atoms with Crippen LogP contribution in [0, 0.1) is 0 Å². The van der Waals surface area contributed by atoms with Gasteiger partial charge in [-0.15, -0.1) is 0 Å². The van der Waals surface area contributed by atoms with Crippen LogP contribution in [0.4, 0.5) is 11.4 Å². The molecule has 1 heterocycles. The highest BCUT2D eigenvalue weighted by molar-refractivity contribution is 6.30. The molecule has 0 saturated heterocycles. The molecule has 0 aliphatic heterocycles. The van der Waals surface area contributed by atoms with Crippen molar-refractivity contribution >= 4 is 28.9 Å². The second-order valence-electron chi connectivity index (χ2n) is 5.95. The lowest BCUT2D eigenvalue weighted by Gasteiger charge is -2.10. The van der Waals surface area contributed by atoms with Crippen LogP contribution < -0.4 is 15.4 Å². The number of nitrogens with one attached hydrogen (secondary N) is 2. The Morgan fingerprint density at radius 3 is 2.67 bits per heavy atom. The molecule has 1 amide bonds. The number of amides is 1. The number of aromatic nitrogens is 1. The summed E-state index contributed by atoms with van der Waals surface area (Å²) in [5, 5.41) is 6.84. The van der Waals surface area contributed by atoms with E-state index in [4.69, 9.17) is 16.3 Å². The Kier molecular flexibility index (Phi) is 6.28. The summed E-state index contributed by atoms with van der Waals surface area (Å²) < 4.78 is 5.21. The van der Waals surface area contributed by atoms with Crippen LogP contribution in [0.25, 0.3) is 0 Å². The summed E-state index contributed by atoms with van der Waals surface area (Å²) in [6.45, 7) is 0.536. The molecule has 2 N–H and O–H groups in total. The number of pyridine rings is 1. The van der Waals surface area contributed by atoms with E-state index >= 15 is 0 Å². The van der Waals surface area contributed by atoms with E-state index in [0.29, 0.717) is 17.1 Å². The second kappa shape index (κ2) is 9.05. The third-order valence-electron chi connectivity index (χ3n) is 3.97. The molecular formula is C21H20ClN3O2. The van der Waals surface area contributed by atoms with E-state index in [1.807, 2.05) is 48.5 Å². The number of hydrogen-bond donors (Lipinski definition) is 2. The van der Waals surface area contributed by atoms with Gasteiger partial charge in [0.15, 0.2) is 0 Å². The van der Waals surface area contributed by atoms with Gasteiger partial charge in [0.05, 0.1) is 24.6 Å². The molecule has 0 fully saturated rings. The molecule has 0 aliphatic carbocycles. The fourth-order valence-corrected chi connectivity index (χ4v) is 2.70. The van der Waals surface area contributed by atoms with Crippen LogP contribution in [0.1, 0.15) is 15.9 Å². The minimum Gasteiger partial charge on any atom is -0.497 e. The van der Waals surface area contributed by atoms with Crippen LogP contribution in [-0.2, 0) is 6.42 Å². The van der Waals surface area contributed by atoms with Crippen LogP contribution in [-0.4, -0.2) is 24.5 Å². The molecule has 3 rings (SSSR count). The minimum absolute atomic E-state index is 0.161. The number of methoxy groups -OCH3 is 1. The van der Waals surface area contributed by atoms with Crippen LogP contribution in [0.5, 0.6) is 5.75 Å². The fourth-order valence-electron chi connectivity index (χ4n) is 2.57. The number of carbonyl (C=O) groups excluding carboxylic acids is 1. The third kappa shape index (κ3) is 5.46. The Bertz CT molecular complexity index is 913. The third-order valence-corrected chi connectivity index (χ3v) is 4.22. The number of ether oxygens (including phenoxy) is 1. The highest BCUT2D eigenvalue weighted by atomic mass is 35.5. The van der Waals surface area contributed by atoms with Gasteiger partial charge in [0, 0.05) is 29.5 Å². The fraction of sp³-hybridized carbons (Fsp3) is 0.143. The Morgan fingerprint density at radius 1 is 1.07 bits per heavy atom. The van der Waals surface area contributed by atoms with Crippen molar-refractivity contribution < 1.29 is 9.53 Å². The lowest BCUT2D eigenvalue weighted by molar-refractivity contribution is 0.0954. The van der Waals surface area contributed by atoms with Crippen molar-refractivity contribution in [1.29, 1.82) is 0 Å². The van der Waals surface area contributed by atoms with Gasteiger partial charge in [-0.1, -0.05) is 29.8 Å². The SMILES string of the molecule is COc1cccc(Nc2cncc(C(=O)NCCc3ccc(Cl)cc3)c2)c1. The van der Waals surface area contributed by atoms with Crippen molar-refractivity contribution in [2.75, 3.05) is 19.0 Å². The first-order valence-electron chi connectivity index (χ1n) is 8.53. The summed E-state index contributed by atoms with van der Waals surface area (Å²) >= 11 is 5.88. The highest BCUT2D eigenvalue weighted by Crippen LogP contribution is 2.21. The van der Waals surface area contributed by atoms with Gasteiger partial charge >= 0.3 is 0 Å². The predicted molar refractivity (Wildman–Crippen MR) is 108 cm³/mol. The van der Waals surface area contributed by atoms with Gasteiger partial charge < -0.3 is 15.4 Å². The smallest absolute Gasteiger partial charge is 0.252 e. The van der Waals surface area contributed by atoms with Crippen LogP contribution >= 0.6 is 11.6 Å². The first-order chi connectivity index (χ1) is 13.1. The number of hydrogen-bond acceptors (Lipinski definition) is 4. The lowest BCUT2D eigenvalue weighted by Crippen LogP contribution is -2.25. The Hall–Kier alpha value is -3.05. The molecule has 0 saturated carbocycles. The van der Waals surface area contributed by atoms with Gasteiger partial charge in [-0.2, -0.15) is 0 Å². The van der Waals surface area contributed by atoms with E-state index in [9.17, 15) is 4.79 Å². The minimum atomic E-state index is -0.161. The van der Waals surface area contributed by atoms with Gasteiger partial charge in [0.2, 0.25) is 0 Å². The number of carbonyl (C=O) groups is 1. The van der Waals surface area contributed by atoms with Crippen LogP contribution in [0.15, 0.2) is 67.0 Å². The Morgan fingerprint density at radius 2 is 1.89 bits per heavy atom. The number of halogens is 1. The zero-order valence-electron chi connectivity index (χ0n) is 14.9. The van der Waals surface area contributed by atoms with Gasteiger partial charge in [0.25, 0.3) is 5.91 Å². The maximum absolute atomic E-state index is 12.4. The van der Waals surface area contributed by atoms with Gasteiger partial charge in [0.1, 0.15) is 5.75 Å². The van der Waals surface area contributed by atoms with Crippen LogP contribution in [0.2, 0.25) is 5.02 Å². The van der Waals surface area contributed by atoms with E-state index in [1.165, 1.54) is 0 Å². The van der Waals surface area contributed by atoms with Gasteiger partial charge in [-0.3, -0.25) is 9.78 Å². The molecular weight excluding hydrogens is 362 g/mol. The summed E-state index contributed by atoms with van der Waals surface area (Å²) in [6.07, 6.45) is 3.95. The summed E-state index contributed by atoms with van der Waals surface area (Å²) in [6, 6.07) is 16.9. The second-order valence-corrected chi connectivity index (χ2v) is 6.39. The average Bonchev–Trinajstić information content (AvgIpc) is 2.70. The number of benzene rings is 2. The van der Waals surface area contributed by atoms with Gasteiger partial charge in [-0.25, -0.2) is 0 Å². The maximum Gasteiger partial charge on any atom is 0.252 e. The molecule has 0 aliphatic rings. The summed E-state index contributed by atoms with van der Waals surface area (Å²) in [4.78, 5) is 16.5. The molecule has 3 aromatic rings. The van der Waals surface area contributed by atoms with E-state index in [-0.39, 0.29) is 5.91 Å². The predicted octanol–water partition coefficient (Wildman–Crippen LogP) is 4.46. The number of nitrogens with zero attached hydrogens (tertiary/aromatic N) is 1. The number of rotatable bonds is 7. The monoisotopic (exact) mass is 381 g/mol. The maximum atomic E-state index is 12.4. The average molecular weight is 382 g/mol. The van der Waals surface area contributed by atoms with Crippen molar-refractivity contribution in [1.82, 2.24) is 10.3 Å². The largest absolute Gasteiger partial charge is 0.497 e. The van der Waals surface area contributed by atoms with E-state index < -0.39 is 0 Å². The van der Waals surface area contributed by atoms with E-state index in [2.05, 4.69) is 15.6 Å². The Balaban J connectivity index is 1.58. The quantitative estimate of drug-likeness (QED) is 0.634. The van der Waals surface area contributed by atoms with E-state index in [1.54, 1.807) is 25.6 Å². The van der Waals surface area contributed by atoms with Crippen LogP contribution in [0.3, 0.4) is 0 Å². The molecule has 1 aromatic heterocycles. The normalized spacial score (nSPS) is 10.3. The highest BCUT2D eigenvalue weighted by Gasteiger charge is 2.07. The van der Waals surface area contributed by atoms with Crippen molar-refractivity contribution in [3.05, 3.63) is 83.1 Å². The van der Waals surface area contributed by atoms with E-state index in [0.717, 1.165) is 29.1 Å². The molecule has 0 radical (unpaired) electrons. The molecule has 2 aromatic carbocycles. The zero-order chi connectivity index (χ0) is 19.1. The molecule has 27 heavy (non-hydrogen) atoms. The van der Waals surface area contributed by atoms with Crippen molar-refractivity contribution in [2.45, 2.75) is 6.42 Å². The summed E-state index contributed by atoms with van der Waals surface area (Å²) in [7, 11) is 1.62. The standard InChI is InChI=1S/C21H20ClN3O2/c1-27-20-4-2-3-18(12-20)25-19-11-16(13-23-14-19)21(26)24-10-9-15-5-7-17(22)8-6-15/h2-8,11-14,25H,9-10H2,1H3,(H,24,26). The molecule has 138 valence electrons. The first-order valence-corrected chi connectivity index (χ1v) is 8.90. The van der Waals surface area contributed by atoms with Gasteiger partial charge in [-0.05, 0) is 42.3 Å². The molecule has 5 nitrogen and oxygen atoms in total.